The van der Waals surface area contributed by atoms with E-state index >= 15 is 0 Å². The lowest BCUT2D eigenvalue weighted by atomic mass is 9.78. The predicted octanol–water partition coefficient (Wildman–Crippen LogP) is 4.44. The molecule has 0 amide bonds. The molecule has 14 heteroatoms. The van der Waals surface area contributed by atoms with Crippen LogP contribution >= 0.6 is 0 Å². The normalized spacial score (nSPS) is 19.6. The van der Waals surface area contributed by atoms with E-state index in [1.165, 1.54) is 50.4 Å². The summed E-state index contributed by atoms with van der Waals surface area (Å²) in [6.07, 6.45) is -0.617. The number of ether oxygens (including phenoxy) is 1. The number of hydrogen-bond acceptors (Lipinski definition) is 9. The third kappa shape index (κ3) is 6.59. The summed E-state index contributed by atoms with van der Waals surface area (Å²) in [4.78, 5) is 29.4. The Kier molecular flexibility index (Phi) is 8.83. The second kappa shape index (κ2) is 12.0. The van der Waals surface area contributed by atoms with Crippen molar-refractivity contribution in [3.05, 3.63) is 71.3 Å². The van der Waals surface area contributed by atoms with Crippen LogP contribution in [-0.2, 0) is 25.8 Å². The van der Waals surface area contributed by atoms with Crippen LogP contribution in [0.25, 0.3) is 0 Å². The molecule has 0 spiro atoms. The maximum Gasteiger partial charge on any atom is 0.416 e. The Bertz CT molecular complexity index is 1490. The number of anilines is 1. The summed E-state index contributed by atoms with van der Waals surface area (Å²) in [6, 6.07) is 8.36. The molecule has 1 aliphatic carbocycles. The van der Waals surface area contributed by atoms with Crippen LogP contribution in [0.4, 0.5) is 19.0 Å². The number of likely N-dealkylation sites (N-methyl/N-ethyl adjacent to an activating group) is 1. The zero-order valence-corrected chi connectivity index (χ0v) is 23.7. The fourth-order valence-electron chi connectivity index (χ4n) is 5.07. The average molecular weight is 594 g/mol. The molecule has 3 atom stereocenters. The number of rotatable bonds is 9. The van der Waals surface area contributed by atoms with Crippen molar-refractivity contribution in [2.24, 2.45) is 0 Å². The van der Waals surface area contributed by atoms with Crippen molar-refractivity contribution in [1.29, 1.82) is 0 Å². The van der Waals surface area contributed by atoms with Crippen molar-refractivity contribution in [2.75, 3.05) is 18.6 Å². The summed E-state index contributed by atoms with van der Waals surface area (Å²) in [5.74, 6) is -0.0681. The number of hydrogen-bond donors (Lipinski definition) is 0. The van der Waals surface area contributed by atoms with E-state index in [4.69, 9.17) is 9.57 Å². The number of benzene rings is 1. The van der Waals surface area contributed by atoms with Crippen molar-refractivity contribution in [3.63, 3.8) is 0 Å². The summed E-state index contributed by atoms with van der Waals surface area (Å²) in [5.41, 5.74) is 0.307. The molecule has 1 aromatic carbocycles. The lowest BCUT2D eigenvalue weighted by Crippen LogP contribution is -2.46. The zero-order valence-electron chi connectivity index (χ0n) is 22.9. The molecule has 0 unspecified atom stereocenters. The van der Waals surface area contributed by atoms with E-state index in [1.807, 2.05) is 19.0 Å². The van der Waals surface area contributed by atoms with E-state index in [1.54, 1.807) is 6.07 Å². The van der Waals surface area contributed by atoms with Crippen LogP contribution in [0, 0.1) is 13.8 Å². The lowest BCUT2D eigenvalue weighted by Gasteiger charge is -2.39. The standard InChI is InChI=1S/C27H30F3N5O5S/c1-17-5-6-19(13-21(17)27(28,29)30)20-7-8-23(22(14-20)34(3)4)40-26-10-9-24(18(2)33-26)41(37,38)35(39-16-36)25-11-12-31-15-32-25/h5-6,9-13,15-16,20,22-23H,7-8,14H2,1-4H3/t20-,22-,23-/m0/s1. The topological polar surface area (TPSA) is 115 Å². The van der Waals surface area contributed by atoms with Crippen molar-refractivity contribution >= 4 is 22.3 Å². The molecule has 0 radical (unpaired) electrons. The van der Waals surface area contributed by atoms with Crippen LogP contribution in [-0.4, -0.2) is 61.0 Å². The van der Waals surface area contributed by atoms with Gasteiger partial charge in [-0.3, -0.25) is 4.79 Å². The minimum Gasteiger partial charge on any atom is -0.473 e. The van der Waals surface area contributed by atoms with Crippen molar-refractivity contribution in [2.45, 2.75) is 62.2 Å². The zero-order chi connectivity index (χ0) is 29.9. The Labute approximate surface area is 236 Å². The molecular formula is C27H30F3N5O5S. The van der Waals surface area contributed by atoms with Gasteiger partial charge >= 0.3 is 12.6 Å². The molecule has 4 rings (SSSR count). The van der Waals surface area contributed by atoms with Crippen LogP contribution in [0.1, 0.15) is 47.6 Å². The maximum atomic E-state index is 13.5. The Morgan fingerprint density at radius 2 is 1.83 bits per heavy atom. The first-order valence-corrected chi connectivity index (χ1v) is 14.2. The predicted molar refractivity (Wildman–Crippen MR) is 142 cm³/mol. The van der Waals surface area contributed by atoms with E-state index in [2.05, 4.69) is 15.0 Å². The monoisotopic (exact) mass is 593 g/mol. The summed E-state index contributed by atoms with van der Waals surface area (Å²) in [5, 5.41) is 0. The first-order valence-electron chi connectivity index (χ1n) is 12.7. The molecule has 1 fully saturated rings. The minimum absolute atomic E-state index is 0.0296. The number of carbonyl (C=O) groups excluding carboxylic acids is 1. The number of sulfonamides is 1. The Balaban J connectivity index is 1.54. The average Bonchev–Trinajstić information content (AvgIpc) is 2.91. The molecule has 3 aromatic rings. The van der Waals surface area contributed by atoms with Crippen molar-refractivity contribution in [3.8, 4) is 5.88 Å². The Hall–Kier alpha value is -3.78. The van der Waals surface area contributed by atoms with E-state index < -0.39 is 21.8 Å². The highest BCUT2D eigenvalue weighted by Crippen LogP contribution is 2.40. The van der Waals surface area contributed by atoms with Gasteiger partial charge in [0, 0.05) is 24.4 Å². The number of nitrogens with zero attached hydrogens (tertiary/aromatic N) is 5. The highest BCUT2D eigenvalue weighted by Gasteiger charge is 2.37. The number of aryl methyl sites for hydroxylation is 2. The quantitative estimate of drug-likeness (QED) is 0.262. The van der Waals surface area contributed by atoms with Gasteiger partial charge in [-0.25, -0.2) is 15.0 Å². The van der Waals surface area contributed by atoms with Gasteiger partial charge in [-0.15, -0.1) is 0 Å². The molecule has 41 heavy (non-hydrogen) atoms. The van der Waals surface area contributed by atoms with Gasteiger partial charge < -0.3 is 14.5 Å². The largest absolute Gasteiger partial charge is 0.473 e. The molecule has 0 N–H and O–H groups in total. The van der Waals surface area contributed by atoms with Gasteiger partial charge in [-0.2, -0.15) is 21.6 Å². The van der Waals surface area contributed by atoms with Gasteiger partial charge in [0.2, 0.25) is 5.88 Å². The first-order chi connectivity index (χ1) is 19.3. The third-order valence-corrected chi connectivity index (χ3v) is 8.83. The van der Waals surface area contributed by atoms with Crippen LogP contribution in [0.5, 0.6) is 5.88 Å². The minimum atomic E-state index is -4.42. The SMILES string of the molecule is Cc1ccc([C@H]2CC[C@H](Oc3ccc(S(=O)(=O)N(OC=O)c4ccncn4)c(C)n3)[C@@H](N(C)C)C2)cc1C(F)(F)F. The van der Waals surface area contributed by atoms with Crippen LogP contribution < -0.4 is 9.21 Å². The molecule has 10 nitrogen and oxygen atoms in total. The van der Waals surface area contributed by atoms with Crippen LogP contribution in [0.3, 0.4) is 0 Å². The van der Waals surface area contributed by atoms with Crippen LogP contribution in [0.2, 0.25) is 0 Å². The highest BCUT2D eigenvalue weighted by atomic mass is 32.2. The smallest absolute Gasteiger partial charge is 0.416 e. The van der Waals surface area contributed by atoms with Gasteiger partial charge in [0.15, 0.2) is 5.82 Å². The number of pyridine rings is 1. The Morgan fingerprint density at radius 1 is 1.07 bits per heavy atom. The molecule has 1 saturated carbocycles. The molecule has 2 heterocycles. The summed E-state index contributed by atoms with van der Waals surface area (Å²) >= 11 is 0. The fraction of sp³-hybridized carbons (Fsp3) is 0.407. The Morgan fingerprint density at radius 3 is 2.44 bits per heavy atom. The lowest BCUT2D eigenvalue weighted by molar-refractivity contribution is -0.138. The van der Waals surface area contributed by atoms with Gasteiger partial charge in [0.25, 0.3) is 10.0 Å². The number of aromatic nitrogens is 3. The molecule has 220 valence electrons. The summed E-state index contributed by atoms with van der Waals surface area (Å²) in [7, 11) is -0.637. The van der Waals surface area contributed by atoms with Gasteiger partial charge in [-0.1, -0.05) is 16.6 Å². The molecule has 0 bridgehead atoms. The molecule has 0 aliphatic heterocycles. The second-order valence-corrected chi connectivity index (χ2v) is 11.7. The fourth-order valence-corrected chi connectivity index (χ4v) is 6.41. The first kappa shape index (κ1) is 30.2. The van der Waals surface area contributed by atoms with Gasteiger partial charge in [0.1, 0.15) is 17.3 Å². The summed E-state index contributed by atoms with van der Waals surface area (Å²) < 4.78 is 73.7. The molecule has 0 saturated heterocycles. The number of carbonyl (C=O) groups is 1. The number of halogens is 3. The van der Waals surface area contributed by atoms with E-state index in [0.717, 1.165) is 6.33 Å². The van der Waals surface area contributed by atoms with E-state index in [-0.39, 0.29) is 52.4 Å². The number of alkyl halides is 3. The third-order valence-electron chi connectivity index (χ3n) is 7.13. The van der Waals surface area contributed by atoms with E-state index in [0.29, 0.717) is 29.3 Å². The van der Waals surface area contributed by atoms with Crippen molar-refractivity contribution in [1.82, 2.24) is 19.9 Å². The van der Waals surface area contributed by atoms with Gasteiger partial charge in [0.05, 0.1) is 11.3 Å². The van der Waals surface area contributed by atoms with Gasteiger partial charge in [-0.05, 0) is 76.4 Å². The van der Waals surface area contributed by atoms with E-state index in [9.17, 15) is 26.4 Å². The maximum absolute atomic E-state index is 13.5. The summed E-state index contributed by atoms with van der Waals surface area (Å²) in [6.45, 7) is 2.90. The molecule has 1 aliphatic rings. The highest BCUT2D eigenvalue weighted by molar-refractivity contribution is 7.92. The van der Waals surface area contributed by atoms with Crippen LogP contribution in [0.15, 0.2) is 53.8 Å². The molecule has 2 aromatic heterocycles. The molecular weight excluding hydrogens is 563 g/mol. The second-order valence-electron chi connectivity index (χ2n) is 10.0. The van der Waals surface area contributed by atoms with Crippen molar-refractivity contribution < 1.29 is 36.0 Å².